The molecule has 4 rings (SSSR count). The number of carbonyl (C=O) groups is 3. The van der Waals surface area contributed by atoms with Crippen molar-refractivity contribution in [3.8, 4) is 0 Å². The highest BCUT2D eigenvalue weighted by Gasteiger charge is 2.39. The average Bonchev–Trinajstić information content (AvgIpc) is 3.40. The van der Waals surface area contributed by atoms with E-state index >= 15 is 0 Å². The van der Waals surface area contributed by atoms with Crippen molar-refractivity contribution < 1.29 is 19.2 Å². The lowest BCUT2D eigenvalue weighted by Crippen LogP contribution is -2.33. The molecule has 0 N–H and O–H groups in total. The van der Waals surface area contributed by atoms with Gasteiger partial charge >= 0.3 is 5.97 Å². The molecule has 0 bridgehead atoms. The molecule has 0 radical (unpaired) electrons. The Hall–Kier alpha value is -3.02. The number of rotatable bonds is 3. The number of aromatic nitrogens is 1. The van der Waals surface area contributed by atoms with Gasteiger partial charge in [0.25, 0.3) is 11.8 Å². The van der Waals surface area contributed by atoms with Crippen LogP contribution in [0.2, 0.25) is 0 Å². The second-order valence-electron chi connectivity index (χ2n) is 5.54. The second-order valence-corrected chi connectivity index (χ2v) is 5.54. The number of hydrogen-bond donors (Lipinski definition) is 0. The molecule has 2 heterocycles. The zero-order chi connectivity index (χ0) is 16.0. The van der Waals surface area contributed by atoms with E-state index in [1.807, 2.05) is 0 Å². The minimum atomic E-state index is -0.741. The third-order valence-electron chi connectivity index (χ3n) is 3.95. The Morgan fingerprint density at radius 3 is 2.30 bits per heavy atom. The average molecular weight is 308 g/mol. The minimum absolute atomic E-state index is 0.235. The van der Waals surface area contributed by atoms with Crippen LogP contribution in [0.1, 0.15) is 55.5 Å². The van der Waals surface area contributed by atoms with E-state index < -0.39 is 17.8 Å². The van der Waals surface area contributed by atoms with Crippen LogP contribution in [0.5, 0.6) is 0 Å². The number of fused-ring (bicyclic) bond motifs is 1. The largest absolute Gasteiger partial charge is 0.365 e. The molecular weight excluding hydrogens is 296 g/mol. The summed E-state index contributed by atoms with van der Waals surface area (Å²) in [6, 6.07) is 9.60. The summed E-state index contributed by atoms with van der Waals surface area (Å²) in [6.45, 7) is 0. The smallest absolute Gasteiger partial charge is 0.324 e. The molecule has 6 nitrogen and oxygen atoms in total. The van der Waals surface area contributed by atoms with Crippen LogP contribution in [0.15, 0.2) is 42.6 Å². The maximum atomic E-state index is 12.4. The normalized spacial score (nSPS) is 16.4. The van der Waals surface area contributed by atoms with Crippen molar-refractivity contribution in [1.29, 1.82) is 0 Å². The fourth-order valence-corrected chi connectivity index (χ4v) is 2.65. The van der Waals surface area contributed by atoms with Gasteiger partial charge in [0.05, 0.1) is 22.4 Å². The van der Waals surface area contributed by atoms with Crippen LogP contribution >= 0.6 is 0 Å². The van der Waals surface area contributed by atoms with Gasteiger partial charge < -0.3 is 4.84 Å². The summed E-state index contributed by atoms with van der Waals surface area (Å²) in [4.78, 5) is 46.1. The molecule has 23 heavy (non-hydrogen) atoms. The number of amides is 2. The van der Waals surface area contributed by atoms with E-state index in [2.05, 4.69) is 4.98 Å². The molecule has 0 unspecified atom stereocenters. The quantitative estimate of drug-likeness (QED) is 0.813. The summed E-state index contributed by atoms with van der Waals surface area (Å²) in [5.41, 5.74) is 1.43. The van der Waals surface area contributed by atoms with E-state index in [0.29, 0.717) is 16.3 Å². The van der Waals surface area contributed by atoms with E-state index in [1.54, 1.807) is 30.5 Å². The second kappa shape index (κ2) is 5.01. The summed E-state index contributed by atoms with van der Waals surface area (Å²) < 4.78 is 0. The fraction of sp³-hybridized carbons (Fsp3) is 0.176. The number of imide groups is 1. The van der Waals surface area contributed by atoms with Crippen LogP contribution in [-0.2, 0) is 4.84 Å². The van der Waals surface area contributed by atoms with Crippen molar-refractivity contribution in [3.63, 3.8) is 0 Å². The molecule has 6 heteroatoms. The van der Waals surface area contributed by atoms with Gasteiger partial charge in [-0.05, 0) is 37.1 Å². The van der Waals surface area contributed by atoms with Gasteiger partial charge in [-0.15, -0.1) is 0 Å². The number of carbonyl (C=O) groups excluding carboxylic acids is 3. The Labute approximate surface area is 131 Å². The van der Waals surface area contributed by atoms with Crippen LogP contribution < -0.4 is 0 Å². The third-order valence-corrected chi connectivity index (χ3v) is 3.95. The highest BCUT2D eigenvalue weighted by Crippen LogP contribution is 2.40. The number of pyridine rings is 1. The molecule has 1 aliphatic carbocycles. The molecule has 1 saturated carbocycles. The maximum Gasteiger partial charge on any atom is 0.365 e. The molecule has 1 aromatic carbocycles. The van der Waals surface area contributed by atoms with Gasteiger partial charge in [-0.3, -0.25) is 14.6 Å². The van der Waals surface area contributed by atoms with Crippen LogP contribution in [0.4, 0.5) is 0 Å². The van der Waals surface area contributed by atoms with Gasteiger partial charge in [-0.1, -0.05) is 17.2 Å². The highest BCUT2D eigenvalue weighted by molar-refractivity contribution is 6.21. The van der Waals surface area contributed by atoms with Gasteiger partial charge in [-0.25, -0.2) is 4.79 Å². The molecular formula is C17H12N2O4. The van der Waals surface area contributed by atoms with Gasteiger partial charge in [-0.2, -0.15) is 0 Å². The molecule has 0 spiro atoms. The Bertz CT molecular complexity index is 807. The Kier molecular flexibility index (Phi) is 2.97. The molecule has 114 valence electrons. The van der Waals surface area contributed by atoms with Crippen molar-refractivity contribution in [2.24, 2.45) is 0 Å². The first-order valence-corrected chi connectivity index (χ1v) is 7.32. The maximum absolute atomic E-state index is 12.4. The van der Waals surface area contributed by atoms with Gasteiger partial charge in [0.1, 0.15) is 0 Å². The molecule has 1 aliphatic heterocycles. The first kappa shape index (κ1) is 13.6. The Morgan fingerprint density at radius 2 is 1.70 bits per heavy atom. The van der Waals surface area contributed by atoms with Gasteiger partial charge in [0.2, 0.25) is 0 Å². The predicted molar refractivity (Wildman–Crippen MR) is 78.6 cm³/mol. The number of nitrogens with zero attached hydrogens (tertiary/aromatic N) is 2. The summed E-state index contributed by atoms with van der Waals surface area (Å²) >= 11 is 0. The highest BCUT2D eigenvalue weighted by atomic mass is 16.7. The molecule has 0 atom stereocenters. The van der Waals surface area contributed by atoms with Crippen molar-refractivity contribution in [2.75, 3.05) is 0 Å². The standard InChI is InChI=1S/C17H12N2O4/c20-15-11-4-1-2-5-12(11)16(21)19(15)23-17(22)13-6-3-9-18-14(13)10-7-8-10/h1-6,9-10H,7-8H2. The lowest BCUT2D eigenvalue weighted by Gasteiger charge is -2.13. The SMILES string of the molecule is O=C(ON1C(=O)c2ccccc2C1=O)c1cccnc1C1CC1. The van der Waals surface area contributed by atoms with E-state index in [0.717, 1.165) is 12.8 Å². The lowest BCUT2D eigenvalue weighted by molar-refractivity contribution is -0.0585. The first-order chi connectivity index (χ1) is 11.2. The monoisotopic (exact) mass is 308 g/mol. The van der Waals surface area contributed by atoms with E-state index in [-0.39, 0.29) is 17.0 Å². The molecule has 0 saturated heterocycles. The minimum Gasteiger partial charge on any atom is -0.324 e. The van der Waals surface area contributed by atoms with E-state index in [1.165, 1.54) is 12.1 Å². The zero-order valence-electron chi connectivity index (χ0n) is 12.1. The number of hydrogen-bond acceptors (Lipinski definition) is 5. The van der Waals surface area contributed by atoms with E-state index in [9.17, 15) is 14.4 Å². The summed E-state index contributed by atoms with van der Waals surface area (Å²) in [6.07, 6.45) is 3.57. The van der Waals surface area contributed by atoms with E-state index in [4.69, 9.17) is 4.84 Å². The molecule has 1 aromatic heterocycles. The predicted octanol–water partition coefficient (Wildman–Crippen LogP) is 2.33. The third kappa shape index (κ3) is 2.19. The first-order valence-electron chi connectivity index (χ1n) is 7.32. The summed E-state index contributed by atoms with van der Waals surface area (Å²) in [5, 5.41) is 0.524. The van der Waals surface area contributed by atoms with Crippen LogP contribution in [0.3, 0.4) is 0 Å². The van der Waals surface area contributed by atoms with Gasteiger partial charge in [0.15, 0.2) is 0 Å². The van der Waals surface area contributed by atoms with Crippen LogP contribution in [0.25, 0.3) is 0 Å². The number of hydroxylamine groups is 2. The fourth-order valence-electron chi connectivity index (χ4n) is 2.65. The molecule has 2 aromatic rings. The molecule has 1 fully saturated rings. The van der Waals surface area contributed by atoms with Crippen molar-refractivity contribution in [3.05, 3.63) is 65.0 Å². The van der Waals surface area contributed by atoms with Crippen LogP contribution in [-0.4, -0.2) is 27.8 Å². The molecule has 2 amide bonds. The zero-order valence-corrected chi connectivity index (χ0v) is 12.1. The van der Waals surface area contributed by atoms with Crippen molar-refractivity contribution in [2.45, 2.75) is 18.8 Å². The van der Waals surface area contributed by atoms with Gasteiger partial charge in [0, 0.05) is 12.1 Å². The lowest BCUT2D eigenvalue weighted by atomic mass is 10.1. The Balaban J connectivity index is 1.61. The van der Waals surface area contributed by atoms with Crippen molar-refractivity contribution >= 4 is 17.8 Å². The number of benzene rings is 1. The van der Waals surface area contributed by atoms with Crippen molar-refractivity contribution in [1.82, 2.24) is 10.0 Å². The topological polar surface area (TPSA) is 76.6 Å². The summed E-state index contributed by atoms with van der Waals surface area (Å²) in [7, 11) is 0. The van der Waals surface area contributed by atoms with Crippen LogP contribution in [0, 0.1) is 0 Å². The molecule has 2 aliphatic rings. The summed E-state index contributed by atoms with van der Waals surface area (Å²) in [5.74, 6) is -1.75. The Morgan fingerprint density at radius 1 is 1.04 bits per heavy atom.